The van der Waals surface area contributed by atoms with Crippen molar-refractivity contribution in [1.82, 2.24) is 5.32 Å². The Balaban J connectivity index is 1.79. The molecule has 0 aromatic heterocycles. The summed E-state index contributed by atoms with van der Waals surface area (Å²) in [5, 5.41) is 3.52. The smallest absolute Gasteiger partial charge is 0.119 e. The molecule has 0 spiro atoms. The van der Waals surface area contributed by atoms with E-state index < -0.39 is 0 Å². The number of ether oxygens (including phenoxy) is 1. The molecule has 0 amide bonds. The molecule has 0 saturated carbocycles. The van der Waals surface area contributed by atoms with Gasteiger partial charge < -0.3 is 15.0 Å². The van der Waals surface area contributed by atoms with Gasteiger partial charge in [0, 0.05) is 19.3 Å². The van der Waals surface area contributed by atoms with Gasteiger partial charge in [0.05, 0.1) is 7.11 Å². The second-order valence-electron chi connectivity index (χ2n) is 5.99. The summed E-state index contributed by atoms with van der Waals surface area (Å²) in [6, 6.07) is 8.32. The van der Waals surface area contributed by atoms with E-state index in [0.29, 0.717) is 0 Å². The van der Waals surface area contributed by atoms with E-state index in [-0.39, 0.29) is 0 Å². The summed E-state index contributed by atoms with van der Waals surface area (Å²) in [5.74, 6) is 2.57. The van der Waals surface area contributed by atoms with Gasteiger partial charge in [-0.3, -0.25) is 0 Å². The van der Waals surface area contributed by atoms with Crippen LogP contribution in [0.25, 0.3) is 0 Å². The van der Waals surface area contributed by atoms with Crippen LogP contribution in [0.5, 0.6) is 5.75 Å². The fourth-order valence-corrected chi connectivity index (χ4v) is 2.96. The van der Waals surface area contributed by atoms with E-state index in [1.165, 1.54) is 38.0 Å². The number of piperidine rings is 1. The molecule has 112 valence electrons. The number of anilines is 1. The molecule has 0 bridgehead atoms. The van der Waals surface area contributed by atoms with Crippen LogP contribution in [-0.4, -0.2) is 33.8 Å². The molecule has 2 rings (SSSR count). The van der Waals surface area contributed by atoms with Crippen LogP contribution in [-0.2, 0) is 0 Å². The fourth-order valence-electron chi connectivity index (χ4n) is 2.96. The van der Waals surface area contributed by atoms with E-state index in [2.05, 4.69) is 36.3 Å². The van der Waals surface area contributed by atoms with Crippen molar-refractivity contribution in [2.75, 3.05) is 38.7 Å². The number of nitrogens with zero attached hydrogens (tertiary/aromatic N) is 1. The summed E-state index contributed by atoms with van der Waals surface area (Å²) < 4.78 is 5.20. The number of methoxy groups -OCH3 is 1. The van der Waals surface area contributed by atoms with Crippen LogP contribution in [0.15, 0.2) is 24.3 Å². The maximum Gasteiger partial charge on any atom is 0.119 e. The van der Waals surface area contributed by atoms with Gasteiger partial charge in [-0.1, -0.05) is 6.92 Å². The van der Waals surface area contributed by atoms with Crippen molar-refractivity contribution >= 4 is 5.69 Å². The molecule has 3 nitrogen and oxygen atoms in total. The molecule has 20 heavy (non-hydrogen) atoms. The summed E-state index contributed by atoms with van der Waals surface area (Å²) in [6.45, 7) is 5.92. The molecule has 0 radical (unpaired) electrons. The fraction of sp³-hybridized carbons (Fsp3) is 0.647. The monoisotopic (exact) mass is 276 g/mol. The number of benzene rings is 1. The molecule has 1 aliphatic rings. The van der Waals surface area contributed by atoms with E-state index in [9.17, 15) is 0 Å². The lowest BCUT2D eigenvalue weighted by molar-refractivity contribution is 0.270. The molecule has 1 saturated heterocycles. The van der Waals surface area contributed by atoms with Crippen molar-refractivity contribution in [3.63, 3.8) is 0 Å². The standard InChI is InChI=1S/C17H28N2O/c1-14(15-5-4-11-18-13-15)10-12-19(2)16-6-8-17(20-3)9-7-16/h6-9,14-15,18H,4-5,10-13H2,1-3H3. The van der Waals surface area contributed by atoms with E-state index in [0.717, 1.165) is 24.1 Å². The minimum Gasteiger partial charge on any atom is -0.497 e. The van der Waals surface area contributed by atoms with E-state index >= 15 is 0 Å². The highest BCUT2D eigenvalue weighted by atomic mass is 16.5. The Bertz CT molecular complexity index is 384. The SMILES string of the molecule is COc1ccc(N(C)CCC(C)C2CCCNC2)cc1. The van der Waals surface area contributed by atoms with Gasteiger partial charge in [-0.15, -0.1) is 0 Å². The summed E-state index contributed by atoms with van der Waals surface area (Å²) in [4.78, 5) is 2.34. The molecule has 1 aromatic carbocycles. The third kappa shape index (κ3) is 4.14. The van der Waals surface area contributed by atoms with Gasteiger partial charge in [0.15, 0.2) is 0 Å². The van der Waals surface area contributed by atoms with Crippen molar-refractivity contribution in [1.29, 1.82) is 0 Å². The molecule has 1 heterocycles. The Labute approximate surface area is 123 Å². The molecular weight excluding hydrogens is 248 g/mol. The van der Waals surface area contributed by atoms with Crippen molar-refractivity contribution in [2.24, 2.45) is 11.8 Å². The predicted octanol–water partition coefficient (Wildman–Crippen LogP) is 3.16. The van der Waals surface area contributed by atoms with Crippen molar-refractivity contribution in [3.8, 4) is 5.75 Å². The predicted molar refractivity (Wildman–Crippen MR) is 85.6 cm³/mol. The Hall–Kier alpha value is -1.22. The summed E-state index contributed by atoms with van der Waals surface area (Å²) >= 11 is 0. The Kier molecular flexibility index (Phi) is 5.72. The Morgan fingerprint density at radius 2 is 2.10 bits per heavy atom. The molecular formula is C17H28N2O. The average Bonchev–Trinajstić information content (AvgIpc) is 2.53. The van der Waals surface area contributed by atoms with Crippen LogP contribution in [0, 0.1) is 11.8 Å². The van der Waals surface area contributed by atoms with Crippen LogP contribution in [0.1, 0.15) is 26.2 Å². The molecule has 1 aromatic rings. The maximum absolute atomic E-state index is 5.20. The Morgan fingerprint density at radius 1 is 1.35 bits per heavy atom. The van der Waals surface area contributed by atoms with Gasteiger partial charge in [-0.2, -0.15) is 0 Å². The van der Waals surface area contributed by atoms with Crippen LogP contribution < -0.4 is 15.0 Å². The Morgan fingerprint density at radius 3 is 2.70 bits per heavy atom. The van der Waals surface area contributed by atoms with Gasteiger partial charge in [0.1, 0.15) is 5.75 Å². The second kappa shape index (κ2) is 7.53. The summed E-state index contributed by atoms with van der Waals surface area (Å²) in [5.41, 5.74) is 1.26. The van der Waals surface area contributed by atoms with Gasteiger partial charge in [0.25, 0.3) is 0 Å². The van der Waals surface area contributed by atoms with Gasteiger partial charge in [0.2, 0.25) is 0 Å². The molecule has 1 aliphatic heterocycles. The first-order valence-corrected chi connectivity index (χ1v) is 7.76. The zero-order valence-corrected chi connectivity index (χ0v) is 13.1. The largest absolute Gasteiger partial charge is 0.497 e. The first-order chi connectivity index (χ1) is 9.70. The van der Waals surface area contributed by atoms with Crippen molar-refractivity contribution in [3.05, 3.63) is 24.3 Å². The highest BCUT2D eigenvalue weighted by Crippen LogP contribution is 2.24. The zero-order chi connectivity index (χ0) is 14.4. The van der Waals surface area contributed by atoms with Crippen LogP contribution in [0.4, 0.5) is 5.69 Å². The van der Waals surface area contributed by atoms with Crippen LogP contribution in [0.2, 0.25) is 0 Å². The van der Waals surface area contributed by atoms with Gasteiger partial charge in [-0.05, 0) is 68.5 Å². The first kappa shape index (κ1) is 15.2. The molecule has 0 aliphatic carbocycles. The van der Waals surface area contributed by atoms with Gasteiger partial charge in [-0.25, -0.2) is 0 Å². The maximum atomic E-state index is 5.20. The molecule has 2 atom stereocenters. The third-order valence-corrected chi connectivity index (χ3v) is 4.57. The second-order valence-corrected chi connectivity index (χ2v) is 5.99. The molecule has 3 heteroatoms. The number of hydrogen-bond acceptors (Lipinski definition) is 3. The van der Waals surface area contributed by atoms with Crippen molar-refractivity contribution in [2.45, 2.75) is 26.2 Å². The topological polar surface area (TPSA) is 24.5 Å². The van der Waals surface area contributed by atoms with Crippen LogP contribution >= 0.6 is 0 Å². The quantitative estimate of drug-likeness (QED) is 0.864. The minimum atomic E-state index is 0.795. The normalized spacial score (nSPS) is 20.4. The lowest BCUT2D eigenvalue weighted by Gasteiger charge is -2.30. The molecule has 2 unspecified atom stereocenters. The zero-order valence-electron chi connectivity index (χ0n) is 13.1. The number of rotatable bonds is 6. The summed E-state index contributed by atoms with van der Waals surface area (Å²) in [7, 11) is 3.88. The lowest BCUT2D eigenvalue weighted by atomic mass is 9.85. The van der Waals surface area contributed by atoms with E-state index in [1.807, 2.05) is 12.1 Å². The molecule has 1 N–H and O–H groups in total. The number of hydrogen-bond donors (Lipinski definition) is 1. The first-order valence-electron chi connectivity index (χ1n) is 7.76. The third-order valence-electron chi connectivity index (χ3n) is 4.57. The van der Waals surface area contributed by atoms with E-state index in [4.69, 9.17) is 4.74 Å². The highest BCUT2D eigenvalue weighted by molar-refractivity contribution is 5.48. The van der Waals surface area contributed by atoms with Crippen molar-refractivity contribution < 1.29 is 4.74 Å². The lowest BCUT2D eigenvalue weighted by Crippen LogP contribution is -2.34. The average molecular weight is 276 g/mol. The summed E-state index contributed by atoms with van der Waals surface area (Å²) in [6.07, 6.45) is 3.98. The minimum absolute atomic E-state index is 0.795. The number of nitrogens with one attached hydrogen (secondary N) is 1. The van der Waals surface area contributed by atoms with Crippen LogP contribution in [0.3, 0.4) is 0 Å². The van der Waals surface area contributed by atoms with Gasteiger partial charge >= 0.3 is 0 Å². The highest BCUT2D eigenvalue weighted by Gasteiger charge is 2.19. The molecule has 1 fully saturated rings. The van der Waals surface area contributed by atoms with E-state index in [1.54, 1.807) is 7.11 Å².